The van der Waals surface area contributed by atoms with Gasteiger partial charge >= 0.3 is 0 Å². The molecule has 21 heavy (non-hydrogen) atoms. The normalized spacial score (nSPS) is 14.6. The van der Waals surface area contributed by atoms with E-state index < -0.39 is 0 Å². The van der Waals surface area contributed by atoms with E-state index in [0.29, 0.717) is 22.9 Å². The van der Waals surface area contributed by atoms with Crippen LogP contribution in [0.5, 0.6) is 5.75 Å². The summed E-state index contributed by atoms with van der Waals surface area (Å²) in [6.07, 6.45) is 3.92. The van der Waals surface area contributed by atoms with Crippen LogP contribution in [0.4, 0.5) is 10.7 Å². The molecule has 1 aromatic rings. The summed E-state index contributed by atoms with van der Waals surface area (Å²) >= 11 is 1.43. The van der Waals surface area contributed by atoms with E-state index in [1.807, 2.05) is 6.92 Å². The number of nitrogens with two attached hydrogens (primary N) is 1. The summed E-state index contributed by atoms with van der Waals surface area (Å²) in [6, 6.07) is 0. The summed E-state index contributed by atoms with van der Waals surface area (Å²) in [5.74, 6) is 1.28. The summed E-state index contributed by atoms with van der Waals surface area (Å²) in [7, 11) is 1.61. The zero-order valence-corrected chi connectivity index (χ0v) is 13.9. The average molecular weight is 311 g/mol. The molecule has 1 saturated carbocycles. The molecule has 0 atom stereocenters. The molecule has 5 nitrogen and oxygen atoms in total. The number of methoxy groups -OCH3 is 1. The van der Waals surface area contributed by atoms with Crippen LogP contribution in [0.15, 0.2) is 0 Å². The van der Waals surface area contributed by atoms with Crippen LogP contribution in [0.1, 0.15) is 42.8 Å². The lowest BCUT2D eigenvalue weighted by atomic mass is 9.85. The van der Waals surface area contributed by atoms with E-state index in [1.54, 1.807) is 7.11 Å². The van der Waals surface area contributed by atoms with Gasteiger partial charge in [0.05, 0.1) is 7.11 Å². The van der Waals surface area contributed by atoms with Crippen molar-refractivity contribution in [2.24, 2.45) is 5.92 Å². The van der Waals surface area contributed by atoms with Gasteiger partial charge in [-0.15, -0.1) is 11.3 Å². The topological polar surface area (TPSA) is 67.6 Å². The van der Waals surface area contributed by atoms with Crippen molar-refractivity contribution in [2.75, 3.05) is 37.4 Å². The van der Waals surface area contributed by atoms with Gasteiger partial charge in [0.25, 0.3) is 5.91 Å². The van der Waals surface area contributed by atoms with Gasteiger partial charge in [0.15, 0.2) is 5.75 Å². The lowest BCUT2D eigenvalue weighted by Gasteiger charge is -2.32. The summed E-state index contributed by atoms with van der Waals surface area (Å²) in [6.45, 7) is 6.52. The maximum absolute atomic E-state index is 12.1. The van der Waals surface area contributed by atoms with E-state index in [1.165, 1.54) is 30.6 Å². The molecular formula is C15H25N3O2S. The van der Waals surface area contributed by atoms with Crippen LogP contribution in [0.25, 0.3) is 0 Å². The van der Waals surface area contributed by atoms with Gasteiger partial charge < -0.3 is 20.7 Å². The van der Waals surface area contributed by atoms with Crippen molar-refractivity contribution in [3.8, 4) is 5.75 Å². The van der Waals surface area contributed by atoms with Crippen LogP contribution in [-0.2, 0) is 0 Å². The van der Waals surface area contributed by atoms with Crippen molar-refractivity contribution in [1.29, 1.82) is 0 Å². The predicted octanol–water partition coefficient (Wildman–Crippen LogP) is 2.72. The average Bonchev–Trinajstić information content (AvgIpc) is 2.75. The fraction of sp³-hybridized carbons (Fsp3) is 0.667. The molecule has 0 unspecified atom stereocenters. The smallest absolute Gasteiger partial charge is 0.263 e. The van der Waals surface area contributed by atoms with Crippen molar-refractivity contribution in [1.82, 2.24) is 5.32 Å². The second-order valence-corrected chi connectivity index (χ2v) is 6.38. The number of thiophene rings is 1. The first-order chi connectivity index (χ1) is 10.1. The molecule has 0 saturated heterocycles. The SMILES string of the molecule is CCNC(=O)c1sc(N(CC)CC2CCC2)c(OC)c1N. The fourth-order valence-electron chi connectivity index (χ4n) is 2.57. The molecule has 1 aromatic heterocycles. The molecule has 2 rings (SSSR count). The molecule has 1 aliphatic carbocycles. The highest BCUT2D eigenvalue weighted by Crippen LogP contribution is 2.45. The van der Waals surface area contributed by atoms with E-state index in [-0.39, 0.29) is 5.91 Å². The summed E-state index contributed by atoms with van der Waals surface area (Å²) in [5.41, 5.74) is 6.57. The van der Waals surface area contributed by atoms with Crippen LogP contribution < -0.4 is 20.7 Å². The standard InChI is InChI=1S/C15H25N3O2S/c1-4-17-14(19)13-11(16)12(20-3)15(21-13)18(5-2)9-10-7-6-8-10/h10H,4-9,16H2,1-3H3,(H,17,19). The van der Waals surface area contributed by atoms with Gasteiger partial charge in [-0.2, -0.15) is 0 Å². The van der Waals surface area contributed by atoms with E-state index in [0.717, 1.165) is 24.0 Å². The molecule has 1 aliphatic rings. The molecule has 1 fully saturated rings. The Morgan fingerprint density at radius 1 is 1.48 bits per heavy atom. The third kappa shape index (κ3) is 3.26. The van der Waals surface area contributed by atoms with Crippen LogP contribution in [0.3, 0.4) is 0 Å². The maximum atomic E-state index is 12.1. The fourth-order valence-corrected chi connectivity index (χ4v) is 3.75. The van der Waals surface area contributed by atoms with Gasteiger partial charge in [-0.05, 0) is 32.6 Å². The van der Waals surface area contributed by atoms with Crippen molar-refractivity contribution >= 4 is 27.9 Å². The Morgan fingerprint density at radius 3 is 2.67 bits per heavy atom. The Hall–Kier alpha value is -1.43. The third-order valence-corrected chi connectivity index (χ3v) is 5.25. The molecule has 1 heterocycles. The predicted molar refractivity (Wildman–Crippen MR) is 88.5 cm³/mol. The third-order valence-electron chi connectivity index (χ3n) is 4.00. The second kappa shape index (κ2) is 7.02. The van der Waals surface area contributed by atoms with E-state index in [4.69, 9.17) is 10.5 Å². The number of rotatable bonds is 7. The molecule has 0 spiro atoms. The number of amides is 1. The zero-order chi connectivity index (χ0) is 15.4. The molecule has 0 radical (unpaired) electrons. The Balaban J connectivity index is 2.27. The molecule has 6 heteroatoms. The van der Waals surface area contributed by atoms with Crippen molar-refractivity contribution in [3.05, 3.63) is 4.88 Å². The maximum Gasteiger partial charge on any atom is 0.263 e. The first kappa shape index (κ1) is 15.9. The zero-order valence-electron chi connectivity index (χ0n) is 13.1. The minimum absolute atomic E-state index is 0.121. The van der Waals surface area contributed by atoms with Gasteiger partial charge in [0, 0.05) is 19.6 Å². The van der Waals surface area contributed by atoms with Crippen LogP contribution in [0, 0.1) is 5.92 Å². The number of nitrogens with zero attached hydrogens (tertiary/aromatic N) is 1. The number of nitrogen functional groups attached to an aromatic ring is 1. The molecule has 3 N–H and O–H groups in total. The minimum atomic E-state index is -0.121. The quantitative estimate of drug-likeness (QED) is 0.812. The van der Waals surface area contributed by atoms with Gasteiger partial charge in [0.2, 0.25) is 0 Å². The minimum Gasteiger partial charge on any atom is -0.492 e. The Labute approximate surface area is 130 Å². The van der Waals surface area contributed by atoms with Gasteiger partial charge in [-0.3, -0.25) is 4.79 Å². The number of hydrogen-bond donors (Lipinski definition) is 2. The highest BCUT2D eigenvalue weighted by atomic mass is 32.1. The van der Waals surface area contributed by atoms with Gasteiger partial charge in [-0.25, -0.2) is 0 Å². The van der Waals surface area contributed by atoms with Crippen molar-refractivity contribution < 1.29 is 9.53 Å². The van der Waals surface area contributed by atoms with Crippen LogP contribution in [0.2, 0.25) is 0 Å². The highest BCUT2D eigenvalue weighted by molar-refractivity contribution is 7.19. The molecule has 0 aliphatic heterocycles. The monoisotopic (exact) mass is 311 g/mol. The largest absolute Gasteiger partial charge is 0.492 e. The Kier molecular flexibility index (Phi) is 5.33. The number of ether oxygens (including phenoxy) is 1. The van der Waals surface area contributed by atoms with Crippen LogP contribution in [-0.4, -0.2) is 32.7 Å². The number of carbonyl (C=O) groups excluding carboxylic acids is 1. The Bertz CT molecular complexity index is 497. The lowest BCUT2D eigenvalue weighted by Crippen LogP contribution is -2.32. The first-order valence-electron chi connectivity index (χ1n) is 7.61. The number of carbonyl (C=O) groups is 1. The summed E-state index contributed by atoms with van der Waals surface area (Å²) < 4.78 is 5.46. The van der Waals surface area contributed by atoms with Crippen molar-refractivity contribution in [2.45, 2.75) is 33.1 Å². The molecule has 1 amide bonds. The molecule has 0 bridgehead atoms. The van der Waals surface area contributed by atoms with Crippen LogP contribution >= 0.6 is 11.3 Å². The number of nitrogens with one attached hydrogen (secondary N) is 1. The molecule has 0 aromatic carbocycles. The van der Waals surface area contributed by atoms with E-state index in [2.05, 4.69) is 17.1 Å². The van der Waals surface area contributed by atoms with E-state index >= 15 is 0 Å². The molecule has 118 valence electrons. The van der Waals surface area contributed by atoms with E-state index in [9.17, 15) is 4.79 Å². The second-order valence-electron chi connectivity index (χ2n) is 5.38. The van der Waals surface area contributed by atoms with Gasteiger partial charge in [-0.1, -0.05) is 6.42 Å². The first-order valence-corrected chi connectivity index (χ1v) is 8.43. The molecular weight excluding hydrogens is 286 g/mol. The number of anilines is 2. The van der Waals surface area contributed by atoms with Gasteiger partial charge in [0.1, 0.15) is 15.6 Å². The lowest BCUT2D eigenvalue weighted by molar-refractivity contribution is 0.0960. The Morgan fingerprint density at radius 2 is 2.19 bits per heavy atom. The summed E-state index contributed by atoms with van der Waals surface area (Å²) in [4.78, 5) is 14.9. The summed E-state index contributed by atoms with van der Waals surface area (Å²) in [5, 5.41) is 3.78. The van der Waals surface area contributed by atoms with Crippen molar-refractivity contribution in [3.63, 3.8) is 0 Å². The number of hydrogen-bond acceptors (Lipinski definition) is 5. The highest BCUT2D eigenvalue weighted by Gasteiger charge is 2.27.